The summed E-state index contributed by atoms with van der Waals surface area (Å²) in [6.45, 7) is 2.13. The van der Waals surface area contributed by atoms with Crippen LogP contribution in [0.4, 0.5) is 5.69 Å². The lowest BCUT2D eigenvalue weighted by atomic mass is 10.0. The highest BCUT2D eigenvalue weighted by molar-refractivity contribution is 6.08. The number of amides is 1. The van der Waals surface area contributed by atoms with Crippen molar-refractivity contribution in [1.82, 2.24) is 19.7 Å². The second-order valence-corrected chi connectivity index (χ2v) is 9.02. The largest absolute Gasteiger partial charge is 0.508 e. The zero-order valence-corrected chi connectivity index (χ0v) is 19.8. The number of likely N-dealkylation sites (tertiary alicyclic amines) is 1. The molecule has 2 atom stereocenters. The molecule has 1 amide bonds. The molecule has 0 saturated carbocycles. The predicted molar refractivity (Wildman–Crippen MR) is 135 cm³/mol. The number of rotatable bonds is 7. The number of anilines is 1. The van der Waals surface area contributed by atoms with Crippen LogP contribution in [0.3, 0.4) is 0 Å². The van der Waals surface area contributed by atoms with Gasteiger partial charge in [0.2, 0.25) is 5.91 Å². The third-order valence-corrected chi connectivity index (χ3v) is 6.65. The fourth-order valence-electron chi connectivity index (χ4n) is 4.84. The van der Waals surface area contributed by atoms with Crippen LogP contribution in [0.25, 0.3) is 22.0 Å². The smallest absolute Gasteiger partial charge is 0.242 e. The number of carbonyl (C=O) groups is 2. The molecule has 1 aliphatic rings. The van der Waals surface area contributed by atoms with Crippen LogP contribution in [0.2, 0.25) is 0 Å². The van der Waals surface area contributed by atoms with Crippen LogP contribution >= 0.6 is 0 Å². The molecule has 2 aromatic carbocycles. The molecule has 184 valence electrons. The van der Waals surface area contributed by atoms with Gasteiger partial charge in [-0.2, -0.15) is 10.2 Å². The van der Waals surface area contributed by atoms with Crippen molar-refractivity contribution in [2.45, 2.75) is 38.6 Å². The maximum atomic E-state index is 13.4. The number of aromatic nitrogens is 3. The number of benzene rings is 2. The highest BCUT2D eigenvalue weighted by Gasteiger charge is 2.34. The Morgan fingerprint density at radius 2 is 1.92 bits per heavy atom. The predicted octanol–water partition coefficient (Wildman–Crippen LogP) is 3.43. The van der Waals surface area contributed by atoms with E-state index in [-0.39, 0.29) is 30.0 Å². The van der Waals surface area contributed by atoms with Gasteiger partial charge < -0.3 is 25.0 Å². The van der Waals surface area contributed by atoms with Gasteiger partial charge in [-0.15, -0.1) is 0 Å². The van der Waals surface area contributed by atoms with Crippen molar-refractivity contribution in [1.29, 1.82) is 0 Å². The van der Waals surface area contributed by atoms with E-state index in [2.05, 4.69) is 15.5 Å². The summed E-state index contributed by atoms with van der Waals surface area (Å²) in [5.74, 6) is -0.0663. The molecular weight excluding hydrogens is 458 g/mol. The molecule has 1 aliphatic heterocycles. The number of aliphatic hydroxyl groups excluding tert-OH is 1. The third kappa shape index (κ3) is 4.65. The van der Waals surface area contributed by atoms with Crippen LogP contribution in [0.1, 0.15) is 30.1 Å². The van der Waals surface area contributed by atoms with E-state index in [1.165, 1.54) is 19.1 Å². The fraction of sp³-hybridized carbons (Fsp3) is 0.259. The Morgan fingerprint density at radius 3 is 2.64 bits per heavy atom. The zero-order chi connectivity index (χ0) is 25.2. The number of aliphatic hydroxyl groups is 1. The van der Waals surface area contributed by atoms with Gasteiger partial charge in [-0.3, -0.25) is 9.59 Å². The number of nitrogens with zero attached hydrogens (tertiary/aromatic N) is 4. The molecule has 3 heterocycles. The Kier molecular flexibility index (Phi) is 6.39. The highest BCUT2D eigenvalue weighted by atomic mass is 16.3. The molecule has 1 saturated heterocycles. The standard InChI is InChI=1S/C27H27N5O4/c1-17(33)23-15-31(24-9-4-18(13-22(23)24)19-10-11-28-29-14-19)16-26(35)32-12-2-3-25(32)27(36)30-20-5-7-21(34)8-6-20/h4-11,13-15,25,27,30,34,36H,2-3,12,16H2,1H3/t25?,27-/m0/s1. The molecule has 0 bridgehead atoms. The lowest BCUT2D eigenvalue weighted by Crippen LogP contribution is -2.47. The van der Waals surface area contributed by atoms with E-state index in [0.717, 1.165) is 28.5 Å². The van der Waals surface area contributed by atoms with E-state index in [1.807, 2.05) is 24.3 Å². The second-order valence-electron chi connectivity index (χ2n) is 9.02. The lowest BCUT2D eigenvalue weighted by molar-refractivity contribution is -0.134. The second kappa shape index (κ2) is 9.79. The summed E-state index contributed by atoms with van der Waals surface area (Å²) in [5, 5.41) is 31.8. The van der Waals surface area contributed by atoms with Crippen molar-refractivity contribution in [3.8, 4) is 16.9 Å². The highest BCUT2D eigenvalue weighted by Crippen LogP contribution is 2.29. The van der Waals surface area contributed by atoms with E-state index in [0.29, 0.717) is 24.2 Å². The summed E-state index contributed by atoms with van der Waals surface area (Å²) in [5.41, 5.74) is 3.79. The average molecular weight is 486 g/mol. The molecule has 1 fully saturated rings. The van der Waals surface area contributed by atoms with E-state index < -0.39 is 6.23 Å². The number of ketones is 1. The molecule has 1 unspecified atom stereocenters. The fourth-order valence-corrected chi connectivity index (χ4v) is 4.84. The van der Waals surface area contributed by atoms with Crippen LogP contribution < -0.4 is 5.32 Å². The molecule has 2 aromatic heterocycles. The Hall–Kier alpha value is -4.24. The summed E-state index contributed by atoms with van der Waals surface area (Å²) in [7, 11) is 0. The van der Waals surface area contributed by atoms with Crippen LogP contribution in [0.5, 0.6) is 5.75 Å². The van der Waals surface area contributed by atoms with Gasteiger partial charge in [-0.1, -0.05) is 6.07 Å². The molecule has 9 nitrogen and oxygen atoms in total. The average Bonchev–Trinajstić information content (AvgIpc) is 3.51. The minimum atomic E-state index is -0.952. The normalized spacial score (nSPS) is 16.3. The van der Waals surface area contributed by atoms with Crippen molar-refractivity contribution in [2.75, 3.05) is 11.9 Å². The number of phenols is 1. The number of Topliss-reactive ketones (excluding diaryl/α,β-unsaturated/α-hetero) is 1. The van der Waals surface area contributed by atoms with Gasteiger partial charge in [-0.25, -0.2) is 0 Å². The quantitative estimate of drug-likeness (QED) is 0.208. The number of nitrogens with one attached hydrogen (secondary N) is 1. The van der Waals surface area contributed by atoms with Crippen LogP contribution in [0, 0.1) is 0 Å². The summed E-state index contributed by atoms with van der Waals surface area (Å²) < 4.78 is 1.80. The maximum absolute atomic E-state index is 13.4. The molecule has 0 aliphatic carbocycles. The summed E-state index contributed by atoms with van der Waals surface area (Å²) in [6, 6.07) is 13.7. The molecule has 0 spiro atoms. The van der Waals surface area contributed by atoms with Crippen molar-refractivity contribution >= 4 is 28.3 Å². The van der Waals surface area contributed by atoms with Crippen molar-refractivity contribution < 1.29 is 19.8 Å². The first-order valence-electron chi connectivity index (χ1n) is 11.8. The van der Waals surface area contributed by atoms with Crippen molar-refractivity contribution in [2.24, 2.45) is 0 Å². The number of aromatic hydroxyl groups is 1. The number of phenolic OH excluding ortho intramolecular Hbond substituents is 1. The Morgan fingerprint density at radius 1 is 1.11 bits per heavy atom. The Bertz CT molecular complexity index is 1400. The van der Waals surface area contributed by atoms with E-state index in [4.69, 9.17) is 0 Å². The maximum Gasteiger partial charge on any atom is 0.242 e. The van der Waals surface area contributed by atoms with Crippen LogP contribution in [-0.2, 0) is 11.3 Å². The molecular formula is C27H27N5O4. The SMILES string of the molecule is CC(=O)c1cn(CC(=O)N2CCCC2[C@H](O)Nc2ccc(O)cc2)c2ccc(-c3ccnnc3)cc12. The van der Waals surface area contributed by atoms with Crippen LogP contribution in [0.15, 0.2) is 67.1 Å². The minimum Gasteiger partial charge on any atom is -0.508 e. The monoisotopic (exact) mass is 485 g/mol. The topological polar surface area (TPSA) is 121 Å². The first kappa shape index (κ1) is 23.5. The first-order chi connectivity index (χ1) is 17.4. The number of hydrogen-bond donors (Lipinski definition) is 3. The Labute approximate surface area is 208 Å². The van der Waals surface area contributed by atoms with E-state index >= 15 is 0 Å². The molecule has 4 aromatic rings. The minimum absolute atomic E-state index is 0.0579. The summed E-state index contributed by atoms with van der Waals surface area (Å²) in [6.07, 6.45) is 5.53. The number of carbonyl (C=O) groups excluding carboxylic acids is 2. The number of fused-ring (bicyclic) bond motifs is 1. The summed E-state index contributed by atoms with van der Waals surface area (Å²) >= 11 is 0. The van der Waals surface area contributed by atoms with Gasteiger partial charge in [0.05, 0.1) is 18.4 Å². The molecule has 9 heteroatoms. The molecule has 5 rings (SSSR count). The van der Waals surface area contributed by atoms with Crippen LogP contribution in [-0.4, -0.2) is 60.4 Å². The van der Waals surface area contributed by atoms with E-state index in [9.17, 15) is 19.8 Å². The first-order valence-corrected chi connectivity index (χ1v) is 11.8. The third-order valence-electron chi connectivity index (χ3n) is 6.65. The molecule has 3 N–H and O–H groups in total. The zero-order valence-electron chi connectivity index (χ0n) is 19.8. The van der Waals surface area contributed by atoms with Gasteiger partial charge in [0.1, 0.15) is 18.5 Å². The van der Waals surface area contributed by atoms with Gasteiger partial charge in [-0.05, 0) is 67.8 Å². The lowest BCUT2D eigenvalue weighted by Gasteiger charge is -2.30. The van der Waals surface area contributed by atoms with Gasteiger partial charge in [0.15, 0.2) is 5.78 Å². The molecule has 36 heavy (non-hydrogen) atoms. The number of hydrogen-bond acceptors (Lipinski definition) is 7. The van der Waals surface area contributed by atoms with Gasteiger partial charge in [0, 0.05) is 40.5 Å². The van der Waals surface area contributed by atoms with Crippen molar-refractivity contribution in [3.05, 3.63) is 72.7 Å². The summed E-state index contributed by atoms with van der Waals surface area (Å²) in [4.78, 5) is 27.5. The Balaban J connectivity index is 1.38. The van der Waals surface area contributed by atoms with Gasteiger partial charge in [0.25, 0.3) is 0 Å². The van der Waals surface area contributed by atoms with Gasteiger partial charge >= 0.3 is 0 Å². The van der Waals surface area contributed by atoms with E-state index in [1.54, 1.807) is 40.2 Å². The molecule has 0 radical (unpaired) electrons. The van der Waals surface area contributed by atoms with Crippen molar-refractivity contribution in [3.63, 3.8) is 0 Å².